The molecule has 0 fully saturated rings. The van der Waals surface area contributed by atoms with Crippen LogP contribution in [0.15, 0.2) is 47.0 Å². The van der Waals surface area contributed by atoms with Crippen LogP contribution in [0.4, 0.5) is 0 Å². The molecule has 0 radical (unpaired) electrons. The molecule has 7 nitrogen and oxygen atoms in total. The van der Waals surface area contributed by atoms with Crippen LogP contribution in [0, 0.1) is 0 Å². The number of nitrogens with zero attached hydrogens (tertiary/aromatic N) is 2. The molecule has 0 bridgehead atoms. The highest BCUT2D eigenvalue weighted by molar-refractivity contribution is 6.33. The fourth-order valence-electron chi connectivity index (χ4n) is 2.15. The molecule has 1 heterocycles. The van der Waals surface area contributed by atoms with Gasteiger partial charge in [0.1, 0.15) is 0 Å². The first kappa shape index (κ1) is 16.8. The molecule has 0 saturated carbocycles. The van der Waals surface area contributed by atoms with Crippen molar-refractivity contribution in [1.82, 2.24) is 10.1 Å². The summed E-state index contributed by atoms with van der Waals surface area (Å²) in [4.78, 5) is 15.0. The second-order valence-electron chi connectivity index (χ2n) is 4.95. The van der Waals surface area contributed by atoms with E-state index in [-0.39, 0.29) is 0 Å². The molecule has 128 valence electrons. The fraction of sp³-hybridized carbons (Fsp3) is 0.118. The lowest BCUT2D eigenvalue weighted by Crippen LogP contribution is -2.10. The Hall–Kier alpha value is -3.06. The lowest BCUT2D eigenvalue weighted by Gasteiger charge is -2.09. The number of carboxylic acids is 1. The van der Waals surface area contributed by atoms with E-state index in [0.29, 0.717) is 39.4 Å². The van der Waals surface area contributed by atoms with Gasteiger partial charge in [0, 0.05) is 5.56 Å². The molecule has 2 aromatic carbocycles. The van der Waals surface area contributed by atoms with Gasteiger partial charge in [-0.05, 0) is 30.3 Å². The van der Waals surface area contributed by atoms with Gasteiger partial charge in [-0.25, -0.2) is 4.79 Å². The van der Waals surface area contributed by atoms with E-state index in [9.17, 15) is 4.79 Å². The molecular weight excluding hydrogens is 348 g/mol. The number of hydrogen-bond acceptors (Lipinski definition) is 6. The van der Waals surface area contributed by atoms with Crippen molar-refractivity contribution in [2.75, 3.05) is 13.7 Å². The van der Waals surface area contributed by atoms with Crippen molar-refractivity contribution in [1.29, 1.82) is 0 Å². The van der Waals surface area contributed by atoms with E-state index < -0.39 is 12.6 Å². The van der Waals surface area contributed by atoms with Crippen molar-refractivity contribution in [3.63, 3.8) is 0 Å². The summed E-state index contributed by atoms with van der Waals surface area (Å²) in [6.07, 6.45) is 0. The zero-order chi connectivity index (χ0) is 17.8. The van der Waals surface area contributed by atoms with E-state index >= 15 is 0 Å². The summed E-state index contributed by atoms with van der Waals surface area (Å²) in [6.45, 7) is -0.464. The zero-order valence-electron chi connectivity index (χ0n) is 13.1. The maximum absolute atomic E-state index is 10.6. The van der Waals surface area contributed by atoms with Crippen LogP contribution >= 0.6 is 11.6 Å². The van der Waals surface area contributed by atoms with Crippen molar-refractivity contribution in [3.8, 4) is 34.3 Å². The molecule has 0 aliphatic rings. The summed E-state index contributed by atoms with van der Waals surface area (Å²) >= 11 is 6.13. The van der Waals surface area contributed by atoms with Crippen molar-refractivity contribution in [3.05, 3.63) is 47.5 Å². The number of benzene rings is 2. The van der Waals surface area contributed by atoms with Gasteiger partial charge in [-0.2, -0.15) is 4.98 Å². The normalized spacial score (nSPS) is 10.5. The molecular formula is C17H13ClN2O5. The van der Waals surface area contributed by atoms with Gasteiger partial charge in [0.25, 0.3) is 5.89 Å². The van der Waals surface area contributed by atoms with E-state index in [1.54, 1.807) is 30.3 Å². The summed E-state index contributed by atoms with van der Waals surface area (Å²) in [5.41, 5.74) is 1.26. The SMILES string of the molecule is COc1cc(-c2noc(-c3ccccc3Cl)n2)ccc1OCC(=O)O. The number of aromatic nitrogens is 2. The summed E-state index contributed by atoms with van der Waals surface area (Å²) in [6, 6.07) is 12.1. The predicted octanol–water partition coefficient (Wildman–Crippen LogP) is 3.53. The molecule has 1 N–H and O–H groups in total. The van der Waals surface area contributed by atoms with Gasteiger partial charge in [-0.3, -0.25) is 0 Å². The molecule has 0 aliphatic heterocycles. The van der Waals surface area contributed by atoms with Gasteiger partial charge in [-0.1, -0.05) is 28.9 Å². The third-order valence-electron chi connectivity index (χ3n) is 3.30. The summed E-state index contributed by atoms with van der Waals surface area (Å²) < 4.78 is 15.7. The topological polar surface area (TPSA) is 94.7 Å². The molecule has 0 aliphatic carbocycles. The highest BCUT2D eigenvalue weighted by atomic mass is 35.5. The first-order valence-electron chi connectivity index (χ1n) is 7.20. The van der Waals surface area contributed by atoms with Crippen LogP contribution in [0.2, 0.25) is 5.02 Å². The van der Waals surface area contributed by atoms with E-state index in [4.69, 9.17) is 30.7 Å². The number of carbonyl (C=O) groups is 1. The minimum atomic E-state index is -1.08. The van der Waals surface area contributed by atoms with Crippen LogP contribution < -0.4 is 9.47 Å². The Morgan fingerprint density at radius 1 is 1.24 bits per heavy atom. The Labute approximate surface area is 147 Å². The van der Waals surface area contributed by atoms with Crippen molar-refractivity contribution in [2.45, 2.75) is 0 Å². The number of halogens is 1. The lowest BCUT2D eigenvalue weighted by atomic mass is 10.2. The molecule has 3 rings (SSSR count). The first-order valence-corrected chi connectivity index (χ1v) is 7.58. The van der Waals surface area contributed by atoms with Gasteiger partial charge in [0.15, 0.2) is 18.1 Å². The highest BCUT2D eigenvalue weighted by Crippen LogP contribution is 2.33. The van der Waals surface area contributed by atoms with Crippen LogP contribution in [-0.2, 0) is 4.79 Å². The molecule has 3 aromatic rings. The van der Waals surface area contributed by atoms with Crippen LogP contribution in [0.3, 0.4) is 0 Å². The van der Waals surface area contributed by atoms with Crippen LogP contribution in [0.25, 0.3) is 22.8 Å². The Balaban J connectivity index is 1.90. The number of hydrogen-bond donors (Lipinski definition) is 1. The van der Waals surface area contributed by atoms with Crippen molar-refractivity contribution in [2.24, 2.45) is 0 Å². The molecule has 0 saturated heterocycles. The third kappa shape index (κ3) is 3.72. The first-order chi connectivity index (χ1) is 12.1. The van der Waals surface area contributed by atoms with Crippen LogP contribution in [0.5, 0.6) is 11.5 Å². The largest absolute Gasteiger partial charge is 0.493 e. The molecule has 1 aromatic heterocycles. The predicted molar refractivity (Wildman–Crippen MR) is 89.9 cm³/mol. The average Bonchev–Trinajstić information content (AvgIpc) is 3.10. The monoisotopic (exact) mass is 360 g/mol. The second-order valence-corrected chi connectivity index (χ2v) is 5.36. The van der Waals surface area contributed by atoms with Crippen LogP contribution in [-0.4, -0.2) is 34.9 Å². The number of methoxy groups -OCH3 is 1. The second kappa shape index (κ2) is 7.23. The summed E-state index contributed by atoms with van der Waals surface area (Å²) in [7, 11) is 1.46. The van der Waals surface area contributed by atoms with Gasteiger partial charge in [0.05, 0.1) is 17.7 Å². The Morgan fingerprint density at radius 2 is 2.04 bits per heavy atom. The van der Waals surface area contributed by atoms with E-state index in [0.717, 1.165) is 0 Å². The van der Waals surface area contributed by atoms with E-state index in [1.165, 1.54) is 7.11 Å². The van der Waals surface area contributed by atoms with E-state index in [2.05, 4.69) is 10.1 Å². The Kier molecular flexibility index (Phi) is 4.85. The van der Waals surface area contributed by atoms with E-state index in [1.807, 2.05) is 12.1 Å². The average molecular weight is 361 g/mol. The highest BCUT2D eigenvalue weighted by Gasteiger charge is 2.15. The number of rotatable bonds is 6. The molecule has 0 atom stereocenters. The molecule has 8 heteroatoms. The Morgan fingerprint density at radius 3 is 2.76 bits per heavy atom. The van der Waals surface area contributed by atoms with Crippen molar-refractivity contribution >= 4 is 17.6 Å². The van der Waals surface area contributed by atoms with Crippen molar-refractivity contribution < 1.29 is 23.9 Å². The maximum atomic E-state index is 10.6. The van der Waals surface area contributed by atoms with Gasteiger partial charge in [-0.15, -0.1) is 0 Å². The minimum Gasteiger partial charge on any atom is -0.493 e. The lowest BCUT2D eigenvalue weighted by molar-refractivity contribution is -0.139. The van der Waals surface area contributed by atoms with Crippen LogP contribution in [0.1, 0.15) is 0 Å². The molecule has 25 heavy (non-hydrogen) atoms. The minimum absolute atomic E-state index is 0.297. The Bertz CT molecular complexity index is 910. The van der Waals surface area contributed by atoms with Gasteiger partial charge < -0.3 is 19.1 Å². The smallest absolute Gasteiger partial charge is 0.341 e. The van der Waals surface area contributed by atoms with Gasteiger partial charge in [0.2, 0.25) is 5.82 Å². The zero-order valence-corrected chi connectivity index (χ0v) is 13.9. The number of carboxylic acid groups (broad SMARTS) is 1. The summed E-state index contributed by atoms with van der Waals surface area (Å²) in [5, 5.41) is 13.2. The number of ether oxygens (including phenoxy) is 2. The summed E-state index contributed by atoms with van der Waals surface area (Å²) in [5.74, 6) is 0.240. The number of aliphatic carboxylic acids is 1. The quantitative estimate of drug-likeness (QED) is 0.718. The van der Waals surface area contributed by atoms with Gasteiger partial charge >= 0.3 is 5.97 Å². The molecule has 0 amide bonds. The standard InChI is InChI=1S/C17H13ClN2O5/c1-23-14-8-10(6-7-13(14)24-9-15(21)22)16-19-17(25-20-16)11-4-2-3-5-12(11)18/h2-8H,9H2,1H3,(H,21,22). The fourth-order valence-corrected chi connectivity index (χ4v) is 2.37. The molecule has 0 unspecified atom stereocenters. The molecule has 0 spiro atoms. The maximum Gasteiger partial charge on any atom is 0.341 e. The third-order valence-corrected chi connectivity index (χ3v) is 3.63.